The van der Waals surface area contributed by atoms with Gasteiger partial charge in [-0.2, -0.15) is 0 Å². The Morgan fingerprint density at radius 2 is 1.82 bits per heavy atom. The van der Waals surface area contributed by atoms with E-state index >= 15 is 0 Å². The third-order valence-electron chi connectivity index (χ3n) is 5.12. The normalized spacial score (nSPS) is 26.4. The highest BCUT2D eigenvalue weighted by atomic mass is 16.5. The topological polar surface area (TPSA) is 56.3 Å². The van der Waals surface area contributed by atoms with E-state index < -0.39 is 0 Å². The van der Waals surface area contributed by atoms with Crippen molar-refractivity contribution in [3.8, 4) is 11.5 Å². The van der Waals surface area contributed by atoms with Gasteiger partial charge in [-0.3, -0.25) is 4.98 Å². The van der Waals surface area contributed by atoms with Gasteiger partial charge in [-0.15, -0.1) is 0 Å². The molecule has 2 aromatic rings. The summed E-state index contributed by atoms with van der Waals surface area (Å²) in [4.78, 5) is 9.21. The van der Waals surface area contributed by atoms with Crippen LogP contribution in [0.25, 0.3) is 11.0 Å². The molecule has 0 aliphatic heterocycles. The number of nitrogens with zero attached hydrogens (tertiary/aromatic N) is 2. The number of benzene rings is 1. The second-order valence-electron chi connectivity index (χ2n) is 6.38. The highest BCUT2D eigenvalue weighted by molar-refractivity contribution is 5.80. The maximum Gasteiger partial charge on any atom is 0.163 e. The minimum atomic E-state index is 0.561. The van der Waals surface area contributed by atoms with Gasteiger partial charge in [0.2, 0.25) is 0 Å². The Bertz CT molecular complexity index is 704. The molecule has 2 aliphatic carbocycles. The monoisotopic (exact) mass is 299 g/mol. The summed E-state index contributed by atoms with van der Waals surface area (Å²) in [5.41, 5.74) is 1.64. The quantitative estimate of drug-likeness (QED) is 0.939. The number of hydrogen-bond acceptors (Lipinski definition) is 5. The molecular weight excluding hydrogens is 278 g/mol. The lowest BCUT2D eigenvalue weighted by Crippen LogP contribution is -2.26. The largest absolute Gasteiger partial charge is 0.493 e. The van der Waals surface area contributed by atoms with E-state index in [1.54, 1.807) is 14.2 Å². The van der Waals surface area contributed by atoms with Gasteiger partial charge in [-0.1, -0.05) is 6.42 Å². The van der Waals surface area contributed by atoms with E-state index in [4.69, 9.17) is 14.5 Å². The van der Waals surface area contributed by atoms with E-state index in [1.165, 1.54) is 25.7 Å². The Morgan fingerprint density at radius 3 is 2.45 bits per heavy atom. The van der Waals surface area contributed by atoms with Crippen LogP contribution >= 0.6 is 0 Å². The Balaban J connectivity index is 1.62. The molecule has 22 heavy (non-hydrogen) atoms. The first-order valence-corrected chi connectivity index (χ1v) is 7.92. The average Bonchev–Trinajstić information content (AvgIpc) is 3.16. The van der Waals surface area contributed by atoms with Gasteiger partial charge in [0.15, 0.2) is 11.5 Å². The van der Waals surface area contributed by atoms with Gasteiger partial charge in [-0.25, -0.2) is 4.98 Å². The van der Waals surface area contributed by atoms with Gasteiger partial charge < -0.3 is 14.8 Å². The molecule has 2 fully saturated rings. The standard InChI is InChI=1S/C17H21N3O2/c1-21-15-7-13-14(8-16(15)22-2)20-17(9-18-13)19-12-6-10-3-4-11(12)5-10/h7-12H,3-6H2,1-2H3,(H,19,20)/t10?,11-,12-/m0/s1. The molecule has 1 aromatic carbocycles. The van der Waals surface area contributed by atoms with Crippen LogP contribution in [0.3, 0.4) is 0 Å². The number of anilines is 1. The van der Waals surface area contributed by atoms with Gasteiger partial charge in [-0.05, 0) is 31.1 Å². The average molecular weight is 299 g/mol. The lowest BCUT2D eigenvalue weighted by molar-refractivity contribution is 0.355. The van der Waals surface area contributed by atoms with Gasteiger partial charge >= 0.3 is 0 Å². The number of nitrogens with one attached hydrogen (secondary N) is 1. The zero-order valence-corrected chi connectivity index (χ0v) is 13.0. The van der Waals surface area contributed by atoms with Crippen LogP contribution in [0, 0.1) is 11.8 Å². The van der Waals surface area contributed by atoms with Crippen molar-refractivity contribution in [3.63, 3.8) is 0 Å². The molecule has 116 valence electrons. The van der Waals surface area contributed by atoms with Crippen molar-refractivity contribution in [2.45, 2.75) is 31.7 Å². The molecule has 2 aliphatic rings. The zero-order valence-electron chi connectivity index (χ0n) is 13.0. The summed E-state index contributed by atoms with van der Waals surface area (Å²) in [5, 5.41) is 3.58. The fourth-order valence-corrected chi connectivity index (χ4v) is 4.02. The minimum absolute atomic E-state index is 0.561. The maximum absolute atomic E-state index is 5.34. The van der Waals surface area contributed by atoms with E-state index in [1.807, 2.05) is 18.3 Å². The first kappa shape index (κ1) is 13.6. The number of aromatic nitrogens is 2. The number of rotatable bonds is 4. The molecule has 5 nitrogen and oxygen atoms in total. The van der Waals surface area contributed by atoms with Crippen molar-refractivity contribution in [3.05, 3.63) is 18.3 Å². The lowest BCUT2D eigenvalue weighted by atomic mass is 9.95. The molecule has 0 radical (unpaired) electrons. The molecule has 1 aromatic heterocycles. The Labute approximate surface area is 130 Å². The van der Waals surface area contributed by atoms with Crippen LogP contribution in [-0.4, -0.2) is 30.2 Å². The van der Waals surface area contributed by atoms with E-state index in [-0.39, 0.29) is 0 Å². The van der Waals surface area contributed by atoms with Gasteiger partial charge in [0.1, 0.15) is 5.82 Å². The molecule has 4 rings (SSSR count). The van der Waals surface area contributed by atoms with Crippen molar-refractivity contribution in [2.75, 3.05) is 19.5 Å². The van der Waals surface area contributed by atoms with E-state index in [2.05, 4.69) is 10.3 Å². The summed E-state index contributed by atoms with van der Waals surface area (Å²) >= 11 is 0. The first-order chi connectivity index (χ1) is 10.8. The van der Waals surface area contributed by atoms with Crippen LogP contribution in [0.5, 0.6) is 11.5 Å². The smallest absolute Gasteiger partial charge is 0.163 e. The van der Waals surface area contributed by atoms with Crippen molar-refractivity contribution in [1.82, 2.24) is 9.97 Å². The van der Waals surface area contributed by atoms with Gasteiger partial charge in [0.05, 0.1) is 31.4 Å². The molecular formula is C17H21N3O2. The molecule has 0 saturated heterocycles. The predicted octanol–water partition coefficient (Wildman–Crippen LogP) is 3.25. The maximum atomic E-state index is 5.34. The van der Waals surface area contributed by atoms with Crippen molar-refractivity contribution < 1.29 is 9.47 Å². The molecule has 1 heterocycles. The van der Waals surface area contributed by atoms with Crippen molar-refractivity contribution in [1.29, 1.82) is 0 Å². The molecule has 0 spiro atoms. The first-order valence-electron chi connectivity index (χ1n) is 7.92. The summed E-state index contributed by atoms with van der Waals surface area (Å²) in [6.07, 6.45) is 7.23. The Morgan fingerprint density at radius 1 is 1.05 bits per heavy atom. The fraction of sp³-hybridized carbons (Fsp3) is 0.529. The highest BCUT2D eigenvalue weighted by Crippen LogP contribution is 2.45. The lowest BCUT2D eigenvalue weighted by Gasteiger charge is -2.23. The second kappa shape index (κ2) is 5.30. The number of hydrogen-bond donors (Lipinski definition) is 1. The van der Waals surface area contributed by atoms with Gasteiger partial charge in [0.25, 0.3) is 0 Å². The second-order valence-corrected chi connectivity index (χ2v) is 6.38. The third-order valence-corrected chi connectivity index (χ3v) is 5.12. The van der Waals surface area contributed by atoms with E-state index in [0.717, 1.165) is 28.7 Å². The van der Waals surface area contributed by atoms with Crippen molar-refractivity contribution in [2.24, 2.45) is 11.8 Å². The summed E-state index contributed by atoms with van der Waals surface area (Å²) in [7, 11) is 3.26. The van der Waals surface area contributed by atoms with Crippen LogP contribution in [-0.2, 0) is 0 Å². The van der Waals surface area contributed by atoms with Gasteiger partial charge in [0, 0.05) is 18.2 Å². The highest BCUT2D eigenvalue weighted by Gasteiger charge is 2.39. The number of methoxy groups -OCH3 is 2. The third kappa shape index (κ3) is 2.25. The van der Waals surface area contributed by atoms with Crippen LogP contribution in [0.4, 0.5) is 5.82 Å². The molecule has 1 N–H and O–H groups in total. The zero-order chi connectivity index (χ0) is 15.1. The van der Waals surface area contributed by atoms with Crippen LogP contribution in [0.1, 0.15) is 25.7 Å². The molecule has 0 amide bonds. The molecule has 3 atom stereocenters. The Hall–Kier alpha value is -2.04. The molecule has 2 bridgehead atoms. The summed E-state index contributed by atoms with van der Waals surface area (Å²) in [6.45, 7) is 0. The minimum Gasteiger partial charge on any atom is -0.493 e. The number of fused-ring (bicyclic) bond motifs is 3. The van der Waals surface area contributed by atoms with E-state index in [9.17, 15) is 0 Å². The summed E-state index contributed by atoms with van der Waals surface area (Å²) < 4.78 is 10.7. The van der Waals surface area contributed by atoms with Crippen LogP contribution in [0.15, 0.2) is 18.3 Å². The molecule has 2 saturated carbocycles. The summed E-state index contributed by atoms with van der Waals surface area (Å²) in [6, 6.07) is 4.31. The SMILES string of the molecule is COc1cc2ncc(N[C@H]3CC4CC[C@H]3C4)nc2cc1OC. The Kier molecular flexibility index (Phi) is 3.28. The van der Waals surface area contributed by atoms with Crippen LogP contribution < -0.4 is 14.8 Å². The van der Waals surface area contributed by atoms with E-state index in [0.29, 0.717) is 17.5 Å². The number of ether oxygens (including phenoxy) is 2. The van der Waals surface area contributed by atoms with Crippen LogP contribution in [0.2, 0.25) is 0 Å². The van der Waals surface area contributed by atoms with Crippen molar-refractivity contribution >= 4 is 16.9 Å². The molecule has 1 unspecified atom stereocenters. The fourth-order valence-electron chi connectivity index (χ4n) is 4.02. The summed E-state index contributed by atoms with van der Waals surface area (Å²) in [5.74, 6) is 3.95. The predicted molar refractivity (Wildman–Crippen MR) is 85.5 cm³/mol. The molecule has 5 heteroatoms.